The van der Waals surface area contributed by atoms with Gasteiger partial charge < -0.3 is 15.6 Å². The van der Waals surface area contributed by atoms with Crippen LogP contribution in [0.3, 0.4) is 0 Å². The molecule has 0 saturated carbocycles. The smallest absolute Gasteiger partial charge is 0.128 e. The molecule has 0 bridgehead atoms. The van der Waals surface area contributed by atoms with Crippen LogP contribution >= 0.6 is 0 Å². The summed E-state index contributed by atoms with van der Waals surface area (Å²) in [6.45, 7) is 0. The number of benzene rings is 1. The standard InChI is InChI=1S/C8H11NO2/c1-11-7-4-2-6(3-5-7)8(9)10/h2-5,8,10H,9H2,1H3. The third kappa shape index (κ3) is 1.93. The highest BCUT2D eigenvalue weighted by Crippen LogP contribution is 2.13. The van der Waals surface area contributed by atoms with E-state index in [4.69, 9.17) is 15.6 Å². The highest BCUT2D eigenvalue weighted by atomic mass is 16.5. The lowest BCUT2D eigenvalue weighted by Crippen LogP contribution is -2.07. The van der Waals surface area contributed by atoms with Crippen molar-refractivity contribution in [3.05, 3.63) is 29.8 Å². The second-order valence-corrected chi connectivity index (χ2v) is 2.22. The van der Waals surface area contributed by atoms with Crippen molar-refractivity contribution >= 4 is 0 Å². The van der Waals surface area contributed by atoms with Gasteiger partial charge in [0.05, 0.1) is 7.11 Å². The molecule has 0 saturated heterocycles. The summed E-state index contributed by atoms with van der Waals surface area (Å²) < 4.78 is 4.93. The molecule has 3 heteroatoms. The van der Waals surface area contributed by atoms with Crippen LogP contribution in [0.1, 0.15) is 11.8 Å². The van der Waals surface area contributed by atoms with E-state index >= 15 is 0 Å². The van der Waals surface area contributed by atoms with Crippen LogP contribution in [-0.4, -0.2) is 12.2 Å². The Morgan fingerprint density at radius 1 is 1.36 bits per heavy atom. The van der Waals surface area contributed by atoms with Crippen LogP contribution < -0.4 is 10.5 Å². The van der Waals surface area contributed by atoms with Crippen molar-refractivity contribution in [1.29, 1.82) is 0 Å². The van der Waals surface area contributed by atoms with Gasteiger partial charge in [-0.25, -0.2) is 0 Å². The van der Waals surface area contributed by atoms with Crippen molar-refractivity contribution in [3.8, 4) is 5.75 Å². The highest BCUT2D eigenvalue weighted by molar-refractivity contribution is 5.27. The van der Waals surface area contributed by atoms with Crippen LogP contribution in [0.5, 0.6) is 5.75 Å². The summed E-state index contributed by atoms with van der Waals surface area (Å²) in [5, 5.41) is 8.92. The minimum absolute atomic E-state index is 0.686. The van der Waals surface area contributed by atoms with E-state index in [1.165, 1.54) is 0 Å². The van der Waals surface area contributed by atoms with Crippen molar-refractivity contribution in [1.82, 2.24) is 0 Å². The molecule has 0 fully saturated rings. The molecule has 1 aromatic carbocycles. The Bertz CT molecular complexity index is 218. The maximum atomic E-state index is 8.92. The Kier molecular flexibility index (Phi) is 2.46. The summed E-state index contributed by atoms with van der Waals surface area (Å²) in [5.41, 5.74) is 5.91. The van der Waals surface area contributed by atoms with Gasteiger partial charge in [-0.05, 0) is 17.7 Å². The molecule has 1 aromatic rings. The number of methoxy groups -OCH3 is 1. The fourth-order valence-electron chi connectivity index (χ4n) is 0.801. The van der Waals surface area contributed by atoms with Crippen molar-refractivity contribution in [2.45, 2.75) is 6.23 Å². The van der Waals surface area contributed by atoms with E-state index in [9.17, 15) is 0 Å². The second kappa shape index (κ2) is 3.37. The summed E-state index contributed by atoms with van der Waals surface area (Å²) in [6.07, 6.45) is -0.902. The molecule has 1 unspecified atom stereocenters. The first-order valence-electron chi connectivity index (χ1n) is 3.31. The molecule has 3 nitrogen and oxygen atoms in total. The van der Waals surface area contributed by atoms with Crippen LogP contribution in [0.2, 0.25) is 0 Å². The molecular formula is C8H11NO2. The zero-order valence-electron chi connectivity index (χ0n) is 6.32. The van der Waals surface area contributed by atoms with E-state index in [1.807, 2.05) is 0 Å². The predicted molar refractivity (Wildman–Crippen MR) is 42.1 cm³/mol. The van der Waals surface area contributed by atoms with Crippen LogP contribution in [0.4, 0.5) is 0 Å². The number of aliphatic hydroxyl groups is 1. The molecule has 0 spiro atoms. The summed E-state index contributed by atoms with van der Waals surface area (Å²) >= 11 is 0. The van der Waals surface area contributed by atoms with Crippen LogP contribution in [0.15, 0.2) is 24.3 Å². The van der Waals surface area contributed by atoms with E-state index < -0.39 is 6.23 Å². The Morgan fingerprint density at radius 3 is 2.27 bits per heavy atom. The maximum Gasteiger partial charge on any atom is 0.128 e. The van der Waals surface area contributed by atoms with Gasteiger partial charge in [0.1, 0.15) is 12.0 Å². The Morgan fingerprint density at radius 2 is 1.91 bits per heavy atom. The summed E-state index contributed by atoms with van der Waals surface area (Å²) in [7, 11) is 1.59. The predicted octanol–water partition coefficient (Wildman–Crippen LogP) is 0.645. The van der Waals surface area contributed by atoms with E-state index in [1.54, 1.807) is 31.4 Å². The molecule has 0 radical (unpaired) electrons. The maximum absolute atomic E-state index is 8.92. The fourth-order valence-corrected chi connectivity index (χ4v) is 0.801. The number of ether oxygens (including phenoxy) is 1. The molecule has 60 valence electrons. The van der Waals surface area contributed by atoms with Gasteiger partial charge in [-0.2, -0.15) is 0 Å². The zero-order valence-corrected chi connectivity index (χ0v) is 6.32. The van der Waals surface area contributed by atoms with Gasteiger partial charge in [0.15, 0.2) is 0 Å². The van der Waals surface area contributed by atoms with Gasteiger partial charge in [-0.3, -0.25) is 0 Å². The Labute approximate surface area is 65.4 Å². The summed E-state index contributed by atoms with van der Waals surface area (Å²) in [4.78, 5) is 0. The van der Waals surface area contributed by atoms with Crippen molar-refractivity contribution in [2.24, 2.45) is 5.73 Å². The number of hydrogen-bond acceptors (Lipinski definition) is 3. The lowest BCUT2D eigenvalue weighted by molar-refractivity contribution is 0.186. The van der Waals surface area contributed by atoms with Gasteiger partial charge in [0.2, 0.25) is 0 Å². The normalized spacial score (nSPS) is 12.6. The Hall–Kier alpha value is -1.06. The molecule has 0 aliphatic carbocycles. The molecule has 11 heavy (non-hydrogen) atoms. The number of rotatable bonds is 2. The van der Waals surface area contributed by atoms with Crippen molar-refractivity contribution in [3.63, 3.8) is 0 Å². The van der Waals surface area contributed by atoms with Crippen molar-refractivity contribution in [2.75, 3.05) is 7.11 Å². The average molecular weight is 153 g/mol. The number of aliphatic hydroxyl groups excluding tert-OH is 1. The number of nitrogens with two attached hydrogens (primary N) is 1. The molecule has 3 N–H and O–H groups in total. The monoisotopic (exact) mass is 153 g/mol. The molecule has 1 rings (SSSR count). The SMILES string of the molecule is COc1ccc(C(N)O)cc1. The number of hydrogen-bond donors (Lipinski definition) is 2. The van der Waals surface area contributed by atoms with Gasteiger partial charge in [0, 0.05) is 0 Å². The van der Waals surface area contributed by atoms with E-state index in [0.717, 1.165) is 5.75 Å². The topological polar surface area (TPSA) is 55.5 Å². The largest absolute Gasteiger partial charge is 0.497 e. The summed E-state index contributed by atoms with van der Waals surface area (Å²) in [6, 6.07) is 6.96. The minimum atomic E-state index is -0.902. The fraction of sp³-hybridized carbons (Fsp3) is 0.250. The third-order valence-corrected chi connectivity index (χ3v) is 1.46. The first-order chi connectivity index (χ1) is 5.24. The minimum Gasteiger partial charge on any atom is -0.497 e. The molecular weight excluding hydrogens is 142 g/mol. The molecule has 0 amide bonds. The van der Waals surface area contributed by atoms with Gasteiger partial charge in [-0.15, -0.1) is 0 Å². The molecule has 0 aliphatic rings. The van der Waals surface area contributed by atoms with E-state index in [-0.39, 0.29) is 0 Å². The first kappa shape index (κ1) is 8.04. The van der Waals surface area contributed by atoms with E-state index in [0.29, 0.717) is 5.56 Å². The average Bonchev–Trinajstić information content (AvgIpc) is 2.05. The molecule has 0 aromatic heterocycles. The van der Waals surface area contributed by atoms with Crippen LogP contribution in [0.25, 0.3) is 0 Å². The second-order valence-electron chi connectivity index (χ2n) is 2.22. The first-order valence-corrected chi connectivity index (χ1v) is 3.31. The molecule has 1 atom stereocenters. The molecule has 0 heterocycles. The zero-order chi connectivity index (χ0) is 8.27. The van der Waals surface area contributed by atoms with Crippen LogP contribution in [-0.2, 0) is 0 Å². The quantitative estimate of drug-likeness (QED) is 0.613. The molecule has 0 aliphatic heterocycles. The lowest BCUT2D eigenvalue weighted by atomic mass is 10.2. The van der Waals surface area contributed by atoms with Gasteiger partial charge in [0.25, 0.3) is 0 Å². The lowest BCUT2D eigenvalue weighted by Gasteiger charge is -2.04. The third-order valence-electron chi connectivity index (χ3n) is 1.46. The van der Waals surface area contributed by atoms with E-state index in [2.05, 4.69) is 0 Å². The Balaban J connectivity index is 2.83. The van der Waals surface area contributed by atoms with Crippen molar-refractivity contribution < 1.29 is 9.84 Å². The summed E-state index contributed by atoms with van der Waals surface area (Å²) in [5.74, 6) is 0.759. The van der Waals surface area contributed by atoms with Gasteiger partial charge >= 0.3 is 0 Å². The highest BCUT2D eigenvalue weighted by Gasteiger charge is 1.99. The van der Waals surface area contributed by atoms with Gasteiger partial charge in [-0.1, -0.05) is 12.1 Å². The van der Waals surface area contributed by atoms with Crippen LogP contribution in [0, 0.1) is 0 Å².